The number of H-pyrrole nitrogens is 1. The number of fused-ring (bicyclic) bond motifs is 9. The van der Waals surface area contributed by atoms with E-state index in [9.17, 15) is 32.3 Å². The number of hydrogen-bond donors (Lipinski definition) is 2. The number of carbonyl (C=O) groups excluding carboxylic acids is 3. The first kappa shape index (κ1) is 33.9. The molecule has 15 heteroatoms. The number of rotatable bonds is 8. The minimum absolute atomic E-state index is 0.0805. The van der Waals surface area contributed by atoms with Crippen LogP contribution >= 0.6 is 34.7 Å². The number of alkyl halides is 3. The highest BCUT2D eigenvalue weighted by molar-refractivity contribution is 8.00. The minimum atomic E-state index is -4.63. The van der Waals surface area contributed by atoms with Crippen molar-refractivity contribution in [2.75, 3.05) is 23.4 Å². The molecule has 2 aliphatic heterocycles. The quantitative estimate of drug-likeness (QED) is 0.183. The van der Waals surface area contributed by atoms with Gasteiger partial charge in [-0.3, -0.25) is 24.1 Å². The number of thioether (sulfide) groups is 1. The predicted molar refractivity (Wildman–Crippen MR) is 186 cm³/mol. The van der Waals surface area contributed by atoms with E-state index in [1.54, 1.807) is 30.3 Å². The van der Waals surface area contributed by atoms with Crippen LogP contribution in [0.5, 0.6) is 11.5 Å². The fraction of sp³-hybridized carbons (Fsp3) is 0.333. The van der Waals surface area contributed by atoms with Crippen LogP contribution in [-0.2, 0) is 20.6 Å². The Morgan fingerprint density at radius 1 is 0.980 bits per heavy atom. The van der Waals surface area contributed by atoms with E-state index in [-0.39, 0.29) is 52.0 Å². The number of amides is 3. The van der Waals surface area contributed by atoms with E-state index in [0.29, 0.717) is 40.3 Å². The highest BCUT2D eigenvalue weighted by Crippen LogP contribution is 2.69. The van der Waals surface area contributed by atoms with Crippen LogP contribution in [0.1, 0.15) is 35.3 Å². The molecule has 3 aromatic carbocycles. The second-order valence-corrected chi connectivity index (χ2v) is 15.6. The second-order valence-electron chi connectivity index (χ2n) is 13.0. The predicted octanol–water partition coefficient (Wildman–Crippen LogP) is 7.20. The summed E-state index contributed by atoms with van der Waals surface area (Å²) in [6, 6.07) is 16.4. The molecule has 1 aromatic heterocycles. The third-order valence-corrected chi connectivity index (χ3v) is 13.1. The number of anilines is 2. The number of halogens is 4. The molecule has 0 radical (unpaired) electrons. The average Bonchev–Trinajstić information content (AvgIpc) is 3.83. The molecular formula is C36H29ClF3N3O6S2. The molecule has 3 fully saturated rings. The Balaban J connectivity index is 1.10. The van der Waals surface area contributed by atoms with Gasteiger partial charge in [0.15, 0.2) is 18.1 Å². The monoisotopic (exact) mass is 755 g/mol. The van der Waals surface area contributed by atoms with Gasteiger partial charge in [0.05, 0.1) is 34.7 Å². The van der Waals surface area contributed by atoms with Gasteiger partial charge in [-0.25, -0.2) is 0 Å². The smallest absolute Gasteiger partial charge is 0.416 e. The molecule has 4 aliphatic rings. The van der Waals surface area contributed by atoms with Crippen LogP contribution in [0.4, 0.5) is 24.5 Å². The van der Waals surface area contributed by atoms with Gasteiger partial charge in [-0.1, -0.05) is 35.1 Å². The van der Waals surface area contributed by atoms with Crippen LogP contribution in [0.2, 0.25) is 5.02 Å². The summed E-state index contributed by atoms with van der Waals surface area (Å²) in [4.78, 5) is 57.8. The van der Waals surface area contributed by atoms with Gasteiger partial charge in [0, 0.05) is 26.8 Å². The van der Waals surface area contributed by atoms with Crippen LogP contribution in [0, 0.1) is 29.6 Å². The van der Waals surface area contributed by atoms with Crippen molar-refractivity contribution in [1.29, 1.82) is 0 Å². The molecule has 7 atom stereocenters. The van der Waals surface area contributed by atoms with Gasteiger partial charge in [0.2, 0.25) is 11.8 Å². The normalized spacial score (nSPS) is 26.1. The number of aromatic nitrogens is 1. The molecule has 2 saturated carbocycles. The standard InChI is InChI=1S/C36H29ClF3N3O6S2/c1-2-48-24-12-16(6-11-23(24)49-15-25(44)41-19-9-7-18(37)8-10-19)26-27-21-14-22(30(27)50-32-31(26)51-35(47)42-32)29-28(21)33(45)43(34(29)46)20-5-3-4-17(13-20)36(38,39)40/h3-13,21-22,26-30H,2,14-15H2,1H3,(H,41,44)(H,42,47)/t21-,22-,26-,27?,28?,29?,30?/m1/s1. The Labute approximate surface area is 302 Å². The average molecular weight is 756 g/mol. The van der Waals surface area contributed by atoms with Crippen molar-refractivity contribution in [3.05, 3.63) is 97.4 Å². The molecule has 3 heterocycles. The summed E-state index contributed by atoms with van der Waals surface area (Å²) < 4.78 is 52.5. The molecule has 0 spiro atoms. The van der Waals surface area contributed by atoms with Crippen LogP contribution in [0.15, 0.2) is 76.6 Å². The highest BCUT2D eigenvalue weighted by Gasteiger charge is 2.69. The number of aromatic amines is 1. The fourth-order valence-electron chi connectivity index (χ4n) is 8.45. The summed E-state index contributed by atoms with van der Waals surface area (Å²) in [5.41, 5.74) is 0.368. The molecule has 2 aliphatic carbocycles. The Bertz CT molecular complexity index is 2120. The Morgan fingerprint density at radius 3 is 2.45 bits per heavy atom. The summed E-state index contributed by atoms with van der Waals surface area (Å²) in [7, 11) is 0. The van der Waals surface area contributed by atoms with E-state index in [4.69, 9.17) is 21.1 Å². The molecule has 2 bridgehead atoms. The maximum Gasteiger partial charge on any atom is 0.416 e. The third kappa shape index (κ3) is 5.81. The molecule has 8 rings (SSSR count). The van der Waals surface area contributed by atoms with Crippen molar-refractivity contribution in [2.24, 2.45) is 29.6 Å². The first-order valence-corrected chi connectivity index (χ1v) is 18.4. The lowest BCUT2D eigenvalue weighted by molar-refractivity contribution is -0.137. The fourth-order valence-corrected chi connectivity index (χ4v) is 11.5. The lowest BCUT2D eigenvalue weighted by Crippen LogP contribution is -2.42. The summed E-state index contributed by atoms with van der Waals surface area (Å²) >= 11 is 8.55. The third-order valence-electron chi connectivity index (χ3n) is 10.3. The van der Waals surface area contributed by atoms with Gasteiger partial charge in [0.25, 0.3) is 5.91 Å². The van der Waals surface area contributed by atoms with E-state index in [1.165, 1.54) is 23.9 Å². The van der Waals surface area contributed by atoms with E-state index < -0.39 is 35.4 Å². The molecule has 9 nitrogen and oxygen atoms in total. The Hall–Kier alpha value is -4.27. The molecule has 3 amide bonds. The highest BCUT2D eigenvalue weighted by atomic mass is 35.5. The SMILES string of the molecule is CCOc1cc([C@H]2c3sc(=O)[nH]c3SC3C2[C@H]2C[C@@H]3C3C(=O)N(c4cccc(C(F)(F)F)c4)C(=O)C32)ccc1OCC(=O)Nc1ccc(Cl)cc1. The van der Waals surface area contributed by atoms with Crippen molar-refractivity contribution in [1.82, 2.24) is 4.98 Å². The van der Waals surface area contributed by atoms with Gasteiger partial charge in [0.1, 0.15) is 0 Å². The molecule has 4 unspecified atom stereocenters. The molecule has 4 aromatic rings. The number of nitrogens with one attached hydrogen (secondary N) is 2. The van der Waals surface area contributed by atoms with Crippen LogP contribution in [-0.4, -0.2) is 41.2 Å². The van der Waals surface area contributed by atoms with Crippen molar-refractivity contribution < 1.29 is 37.0 Å². The van der Waals surface area contributed by atoms with Crippen molar-refractivity contribution in [2.45, 2.75) is 35.7 Å². The summed E-state index contributed by atoms with van der Waals surface area (Å²) in [6.45, 7) is 1.84. The zero-order chi connectivity index (χ0) is 35.8. The minimum Gasteiger partial charge on any atom is -0.490 e. The largest absolute Gasteiger partial charge is 0.490 e. The topological polar surface area (TPSA) is 118 Å². The molecule has 264 valence electrons. The Kier molecular flexibility index (Phi) is 8.46. The van der Waals surface area contributed by atoms with E-state index >= 15 is 0 Å². The number of thiazole rings is 1. The lowest BCUT2D eigenvalue weighted by Gasteiger charge is -2.43. The second kappa shape index (κ2) is 12.7. The molecule has 2 N–H and O–H groups in total. The van der Waals surface area contributed by atoms with Gasteiger partial charge in [-0.05, 0) is 91.3 Å². The maximum absolute atomic E-state index is 14.0. The Morgan fingerprint density at radius 2 is 1.73 bits per heavy atom. The first-order chi connectivity index (χ1) is 24.4. The van der Waals surface area contributed by atoms with Crippen molar-refractivity contribution >= 4 is 63.8 Å². The first-order valence-electron chi connectivity index (χ1n) is 16.3. The van der Waals surface area contributed by atoms with Gasteiger partial charge < -0.3 is 19.8 Å². The lowest BCUT2D eigenvalue weighted by atomic mass is 9.68. The summed E-state index contributed by atoms with van der Waals surface area (Å²) in [5.74, 6) is -2.89. The van der Waals surface area contributed by atoms with E-state index in [1.807, 2.05) is 19.1 Å². The van der Waals surface area contributed by atoms with E-state index in [2.05, 4.69) is 10.3 Å². The number of hydrogen-bond acceptors (Lipinski definition) is 8. The number of benzene rings is 3. The molecule has 51 heavy (non-hydrogen) atoms. The molecule has 1 saturated heterocycles. The number of ether oxygens (including phenoxy) is 2. The molecular weight excluding hydrogens is 727 g/mol. The van der Waals surface area contributed by atoms with Crippen LogP contribution in [0.25, 0.3) is 0 Å². The van der Waals surface area contributed by atoms with Crippen molar-refractivity contribution in [3.8, 4) is 11.5 Å². The zero-order valence-corrected chi connectivity index (χ0v) is 29.1. The van der Waals surface area contributed by atoms with Gasteiger partial charge in [-0.2, -0.15) is 13.2 Å². The number of carbonyl (C=O) groups is 3. The number of nitrogens with zero attached hydrogens (tertiary/aromatic N) is 1. The van der Waals surface area contributed by atoms with Gasteiger partial charge in [-0.15, -0.1) is 11.8 Å². The van der Waals surface area contributed by atoms with Crippen LogP contribution in [0.3, 0.4) is 0 Å². The summed E-state index contributed by atoms with van der Waals surface area (Å²) in [6.07, 6.45) is -4.02. The van der Waals surface area contributed by atoms with Crippen LogP contribution < -0.4 is 24.6 Å². The zero-order valence-electron chi connectivity index (χ0n) is 26.7. The summed E-state index contributed by atoms with van der Waals surface area (Å²) in [5, 5.41) is 3.88. The van der Waals surface area contributed by atoms with Gasteiger partial charge >= 0.3 is 11.0 Å². The van der Waals surface area contributed by atoms with E-state index in [0.717, 1.165) is 38.8 Å². The van der Waals surface area contributed by atoms with Crippen molar-refractivity contribution in [3.63, 3.8) is 0 Å². The maximum atomic E-state index is 14.0. The number of imide groups is 1.